The smallest absolute Gasteiger partial charge is 0.125 e. The molecule has 0 saturated carbocycles. The summed E-state index contributed by atoms with van der Waals surface area (Å²) in [5.74, 6) is 2.33. The molecule has 1 saturated heterocycles. The van der Waals surface area contributed by atoms with Gasteiger partial charge in [0.2, 0.25) is 0 Å². The van der Waals surface area contributed by atoms with Gasteiger partial charge in [-0.1, -0.05) is 32.0 Å². The van der Waals surface area contributed by atoms with Crippen LogP contribution in [0.25, 0.3) is 0 Å². The van der Waals surface area contributed by atoms with Crippen LogP contribution in [-0.2, 0) is 13.0 Å². The number of hydrogen-bond donors (Lipinski definition) is 0. The molecule has 29 heavy (non-hydrogen) atoms. The molecule has 0 unspecified atom stereocenters. The fraction of sp³-hybridized carbons (Fsp3) is 0.520. The van der Waals surface area contributed by atoms with Gasteiger partial charge in [-0.2, -0.15) is 0 Å². The Bertz CT molecular complexity index is 750. The van der Waals surface area contributed by atoms with Crippen LogP contribution in [0.3, 0.4) is 0 Å². The van der Waals surface area contributed by atoms with E-state index in [2.05, 4.69) is 73.2 Å². The summed E-state index contributed by atoms with van der Waals surface area (Å²) >= 11 is 0. The Balaban J connectivity index is 1.54. The second-order valence-electron chi connectivity index (χ2n) is 8.41. The van der Waals surface area contributed by atoms with Crippen molar-refractivity contribution in [2.45, 2.75) is 39.2 Å². The molecule has 0 aliphatic carbocycles. The fourth-order valence-electron chi connectivity index (χ4n) is 3.79. The predicted octanol–water partition coefficient (Wildman–Crippen LogP) is 4.58. The number of nitrogens with zero attached hydrogens (tertiary/aromatic N) is 2. The maximum absolute atomic E-state index is 6.04. The molecule has 0 radical (unpaired) electrons. The third kappa shape index (κ3) is 6.48. The maximum Gasteiger partial charge on any atom is 0.125 e. The summed E-state index contributed by atoms with van der Waals surface area (Å²) in [7, 11) is 3.93. The number of hydrogen-bond acceptors (Lipinski definition) is 4. The third-order valence-electron chi connectivity index (χ3n) is 5.82. The number of benzene rings is 2. The molecule has 4 heteroatoms. The van der Waals surface area contributed by atoms with Crippen molar-refractivity contribution in [3.63, 3.8) is 0 Å². The molecular formula is C25H36N2O2. The van der Waals surface area contributed by atoms with Gasteiger partial charge in [0, 0.05) is 31.7 Å². The third-order valence-corrected chi connectivity index (χ3v) is 5.82. The second-order valence-corrected chi connectivity index (χ2v) is 8.41. The molecule has 0 bridgehead atoms. The first kappa shape index (κ1) is 21.7. The quantitative estimate of drug-likeness (QED) is 0.619. The van der Waals surface area contributed by atoms with Crippen LogP contribution < -0.4 is 9.47 Å². The first-order valence-corrected chi connectivity index (χ1v) is 10.8. The molecule has 1 fully saturated rings. The number of aryl methyl sites for hydroxylation is 1. The second kappa shape index (κ2) is 10.7. The molecule has 1 aliphatic heterocycles. The topological polar surface area (TPSA) is 24.9 Å². The lowest BCUT2D eigenvalue weighted by Gasteiger charge is -2.32. The Morgan fingerprint density at radius 3 is 2.34 bits per heavy atom. The van der Waals surface area contributed by atoms with E-state index >= 15 is 0 Å². The molecule has 1 aliphatic rings. The van der Waals surface area contributed by atoms with Gasteiger partial charge in [-0.15, -0.1) is 0 Å². The number of piperazine rings is 1. The van der Waals surface area contributed by atoms with Crippen molar-refractivity contribution in [1.29, 1.82) is 0 Å². The van der Waals surface area contributed by atoms with E-state index < -0.39 is 0 Å². The highest BCUT2D eigenvalue weighted by Gasteiger charge is 2.13. The van der Waals surface area contributed by atoms with E-state index in [4.69, 9.17) is 9.47 Å². The van der Waals surface area contributed by atoms with Crippen LogP contribution in [0.5, 0.6) is 11.5 Å². The van der Waals surface area contributed by atoms with Crippen LogP contribution in [-0.4, -0.2) is 56.7 Å². The SMILES string of the molecule is COc1ccc(CCCN2CCN(C)CC2)cc1COc1ccc(C(C)C)cc1. The first-order chi connectivity index (χ1) is 14.0. The monoisotopic (exact) mass is 396 g/mol. The Kier molecular flexibility index (Phi) is 7.96. The zero-order chi connectivity index (χ0) is 20.6. The van der Waals surface area contributed by atoms with Gasteiger partial charge in [-0.3, -0.25) is 0 Å². The summed E-state index contributed by atoms with van der Waals surface area (Å²) in [5, 5.41) is 0. The normalized spacial score (nSPS) is 15.6. The van der Waals surface area contributed by atoms with Crippen molar-refractivity contribution in [1.82, 2.24) is 9.80 Å². The zero-order valence-corrected chi connectivity index (χ0v) is 18.5. The van der Waals surface area contributed by atoms with Gasteiger partial charge in [0.1, 0.15) is 18.1 Å². The fourth-order valence-corrected chi connectivity index (χ4v) is 3.79. The van der Waals surface area contributed by atoms with Crippen LogP contribution in [0.4, 0.5) is 0 Å². The summed E-state index contributed by atoms with van der Waals surface area (Å²) in [6.45, 7) is 10.8. The van der Waals surface area contributed by atoms with Gasteiger partial charge in [0.25, 0.3) is 0 Å². The van der Waals surface area contributed by atoms with Gasteiger partial charge in [-0.05, 0) is 67.7 Å². The van der Waals surface area contributed by atoms with Gasteiger partial charge >= 0.3 is 0 Å². The molecule has 0 atom stereocenters. The molecule has 2 aromatic carbocycles. The van der Waals surface area contributed by atoms with Crippen LogP contribution in [0, 0.1) is 0 Å². The Labute approximate surface area is 176 Å². The molecular weight excluding hydrogens is 360 g/mol. The van der Waals surface area contributed by atoms with Crippen molar-refractivity contribution in [3.05, 3.63) is 59.2 Å². The summed E-state index contributed by atoms with van der Waals surface area (Å²) in [4.78, 5) is 4.98. The molecule has 3 rings (SSSR count). The number of rotatable bonds is 9. The van der Waals surface area contributed by atoms with Gasteiger partial charge in [0.05, 0.1) is 7.11 Å². The van der Waals surface area contributed by atoms with E-state index in [-0.39, 0.29) is 0 Å². The zero-order valence-electron chi connectivity index (χ0n) is 18.5. The largest absolute Gasteiger partial charge is 0.496 e. The van der Waals surface area contributed by atoms with Crippen LogP contribution in [0.2, 0.25) is 0 Å². The minimum absolute atomic E-state index is 0.524. The van der Waals surface area contributed by atoms with E-state index in [0.717, 1.165) is 23.5 Å². The Morgan fingerprint density at radius 2 is 1.69 bits per heavy atom. The van der Waals surface area contributed by atoms with Crippen molar-refractivity contribution >= 4 is 0 Å². The van der Waals surface area contributed by atoms with Crippen LogP contribution in [0.1, 0.15) is 42.9 Å². The highest BCUT2D eigenvalue weighted by molar-refractivity contribution is 5.38. The minimum atomic E-state index is 0.524. The number of likely N-dealkylation sites (N-methyl/N-ethyl adjacent to an activating group) is 1. The van der Waals surface area contributed by atoms with Crippen molar-refractivity contribution in [2.75, 3.05) is 46.9 Å². The summed E-state index contributed by atoms with van der Waals surface area (Å²) in [6, 6.07) is 14.9. The maximum atomic E-state index is 6.04. The summed E-state index contributed by atoms with van der Waals surface area (Å²) in [5.41, 5.74) is 3.79. The average Bonchev–Trinajstić information content (AvgIpc) is 2.74. The molecule has 0 amide bonds. The molecule has 0 aromatic heterocycles. The minimum Gasteiger partial charge on any atom is -0.496 e. The standard InChI is InChI=1S/C25H36N2O2/c1-20(2)22-8-10-24(11-9-22)29-19-23-18-21(7-12-25(23)28-4)6-5-13-27-16-14-26(3)15-17-27/h7-12,18,20H,5-6,13-17,19H2,1-4H3. The summed E-state index contributed by atoms with van der Waals surface area (Å²) < 4.78 is 11.6. The van der Waals surface area contributed by atoms with E-state index in [9.17, 15) is 0 Å². The lowest BCUT2D eigenvalue weighted by Crippen LogP contribution is -2.44. The van der Waals surface area contributed by atoms with E-state index in [1.54, 1.807) is 7.11 Å². The first-order valence-electron chi connectivity index (χ1n) is 10.8. The van der Waals surface area contributed by atoms with Crippen molar-refractivity contribution in [2.24, 2.45) is 0 Å². The lowest BCUT2D eigenvalue weighted by atomic mass is 10.0. The van der Waals surface area contributed by atoms with Gasteiger partial charge in [0.15, 0.2) is 0 Å². The van der Waals surface area contributed by atoms with E-state index in [0.29, 0.717) is 12.5 Å². The molecule has 4 nitrogen and oxygen atoms in total. The van der Waals surface area contributed by atoms with Crippen LogP contribution >= 0.6 is 0 Å². The molecule has 0 N–H and O–H groups in total. The summed E-state index contributed by atoms with van der Waals surface area (Å²) in [6.07, 6.45) is 2.28. The molecule has 0 spiro atoms. The molecule has 2 aromatic rings. The highest BCUT2D eigenvalue weighted by atomic mass is 16.5. The van der Waals surface area contributed by atoms with E-state index in [1.807, 2.05) is 0 Å². The number of ether oxygens (including phenoxy) is 2. The Morgan fingerprint density at radius 1 is 0.966 bits per heavy atom. The predicted molar refractivity (Wildman–Crippen MR) is 120 cm³/mol. The van der Waals surface area contributed by atoms with Gasteiger partial charge < -0.3 is 19.3 Å². The highest BCUT2D eigenvalue weighted by Crippen LogP contribution is 2.24. The van der Waals surface area contributed by atoms with Crippen molar-refractivity contribution in [3.8, 4) is 11.5 Å². The van der Waals surface area contributed by atoms with Crippen LogP contribution in [0.15, 0.2) is 42.5 Å². The molecule has 1 heterocycles. The lowest BCUT2D eigenvalue weighted by molar-refractivity contribution is 0.153. The average molecular weight is 397 g/mol. The van der Waals surface area contributed by atoms with E-state index in [1.165, 1.54) is 50.3 Å². The van der Waals surface area contributed by atoms with Crippen molar-refractivity contribution < 1.29 is 9.47 Å². The molecule has 158 valence electrons. The number of methoxy groups -OCH3 is 1. The van der Waals surface area contributed by atoms with Gasteiger partial charge in [-0.25, -0.2) is 0 Å². The Hall–Kier alpha value is -2.04.